The van der Waals surface area contributed by atoms with Crippen molar-refractivity contribution < 1.29 is 14.5 Å². The van der Waals surface area contributed by atoms with Crippen LogP contribution in [-0.2, 0) is 0 Å². The first-order chi connectivity index (χ1) is 14.5. The molecule has 0 aromatic heterocycles. The van der Waals surface area contributed by atoms with E-state index < -0.39 is 10.8 Å². The van der Waals surface area contributed by atoms with Crippen molar-refractivity contribution in [3.8, 4) is 5.75 Å². The van der Waals surface area contributed by atoms with E-state index in [1.165, 1.54) is 13.2 Å². The predicted molar refractivity (Wildman–Crippen MR) is 117 cm³/mol. The van der Waals surface area contributed by atoms with E-state index in [1.807, 2.05) is 13.1 Å². The molecule has 0 fully saturated rings. The minimum absolute atomic E-state index is 0.130. The first kappa shape index (κ1) is 21.5. The van der Waals surface area contributed by atoms with Gasteiger partial charge in [-0.3, -0.25) is 19.8 Å². The third-order valence-electron chi connectivity index (χ3n) is 5.14. The molecule has 1 aliphatic rings. The van der Waals surface area contributed by atoms with Gasteiger partial charge in [-0.2, -0.15) is 0 Å². The molecule has 0 spiro atoms. The van der Waals surface area contributed by atoms with Crippen molar-refractivity contribution in [1.82, 2.24) is 10.2 Å². The number of carbonyl (C=O) groups is 1. The lowest BCUT2D eigenvalue weighted by Crippen LogP contribution is -2.34. The molecule has 8 heteroatoms. The Balaban J connectivity index is 1.80. The summed E-state index contributed by atoms with van der Waals surface area (Å²) in [7, 11) is 3.40. The largest absolute Gasteiger partial charge is 0.496 e. The second kappa shape index (κ2) is 10.00. The highest BCUT2D eigenvalue weighted by atomic mass is 16.6. The molecule has 8 nitrogen and oxygen atoms in total. The van der Waals surface area contributed by atoms with E-state index in [0.717, 1.165) is 43.7 Å². The van der Waals surface area contributed by atoms with Gasteiger partial charge in [-0.1, -0.05) is 24.3 Å². The van der Waals surface area contributed by atoms with Crippen LogP contribution in [0.4, 0.5) is 11.4 Å². The highest BCUT2D eigenvalue weighted by Gasteiger charge is 2.21. The van der Waals surface area contributed by atoms with Gasteiger partial charge in [-0.25, -0.2) is 0 Å². The van der Waals surface area contributed by atoms with Gasteiger partial charge in [0.15, 0.2) is 0 Å². The highest BCUT2D eigenvalue weighted by Crippen LogP contribution is 2.32. The molecule has 2 aromatic rings. The van der Waals surface area contributed by atoms with E-state index in [0.29, 0.717) is 11.3 Å². The fourth-order valence-electron chi connectivity index (χ4n) is 3.46. The summed E-state index contributed by atoms with van der Waals surface area (Å²) in [5.74, 6) is -0.0511. The normalized spacial score (nSPS) is 14.1. The number of para-hydroxylation sites is 1. The van der Waals surface area contributed by atoms with Crippen molar-refractivity contribution >= 4 is 22.9 Å². The zero-order valence-electron chi connectivity index (χ0n) is 17.2. The standard InChI is InChI=1S/C22H26N4O4/c1-23-11-14-25-12-9-16(10-13-25)17-7-8-19(20(15-17)26(28)29)24-22(27)18-5-3-4-6-21(18)30-2/h3-9,15,23H,10-14H2,1-2H3,(H,24,27). The van der Waals surface area contributed by atoms with Gasteiger partial charge in [-0.15, -0.1) is 0 Å². The number of ether oxygens (including phenoxy) is 1. The Labute approximate surface area is 175 Å². The molecule has 0 atom stereocenters. The molecular formula is C22H26N4O4. The van der Waals surface area contributed by atoms with E-state index in [1.54, 1.807) is 30.3 Å². The number of amides is 1. The number of nitrogens with one attached hydrogen (secondary N) is 2. The maximum absolute atomic E-state index is 12.6. The smallest absolute Gasteiger partial charge is 0.293 e. The highest BCUT2D eigenvalue weighted by molar-refractivity contribution is 6.07. The van der Waals surface area contributed by atoms with Gasteiger partial charge < -0.3 is 15.4 Å². The number of nitro benzene ring substituents is 1. The first-order valence-electron chi connectivity index (χ1n) is 9.82. The van der Waals surface area contributed by atoms with Crippen LogP contribution in [0.15, 0.2) is 48.5 Å². The maximum Gasteiger partial charge on any atom is 0.293 e. The molecule has 1 aliphatic heterocycles. The van der Waals surface area contributed by atoms with E-state index in [2.05, 4.69) is 21.6 Å². The number of hydrogen-bond acceptors (Lipinski definition) is 6. The monoisotopic (exact) mass is 410 g/mol. The summed E-state index contributed by atoms with van der Waals surface area (Å²) in [6.07, 6.45) is 2.94. The van der Waals surface area contributed by atoms with E-state index in [9.17, 15) is 14.9 Å². The zero-order chi connectivity index (χ0) is 21.5. The quantitative estimate of drug-likeness (QED) is 0.513. The summed E-state index contributed by atoms with van der Waals surface area (Å²) in [6.45, 7) is 3.62. The Kier molecular flexibility index (Phi) is 7.16. The number of benzene rings is 2. The number of nitrogens with zero attached hydrogens (tertiary/aromatic N) is 2. The number of hydrogen-bond donors (Lipinski definition) is 2. The van der Waals surface area contributed by atoms with Crippen molar-refractivity contribution in [3.05, 3.63) is 69.8 Å². The molecule has 0 saturated carbocycles. The number of rotatable bonds is 8. The lowest BCUT2D eigenvalue weighted by Gasteiger charge is -2.26. The van der Waals surface area contributed by atoms with Crippen LogP contribution in [0.2, 0.25) is 0 Å². The van der Waals surface area contributed by atoms with Crippen molar-refractivity contribution in [2.24, 2.45) is 0 Å². The molecule has 1 amide bonds. The molecule has 30 heavy (non-hydrogen) atoms. The van der Waals surface area contributed by atoms with Crippen molar-refractivity contribution in [3.63, 3.8) is 0 Å². The second-order valence-electron chi connectivity index (χ2n) is 7.03. The average Bonchev–Trinajstić information content (AvgIpc) is 2.78. The molecule has 2 aromatic carbocycles. The summed E-state index contributed by atoms with van der Waals surface area (Å²) in [6, 6.07) is 11.7. The Morgan fingerprint density at radius 2 is 2.07 bits per heavy atom. The van der Waals surface area contributed by atoms with E-state index in [-0.39, 0.29) is 11.4 Å². The Morgan fingerprint density at radius 3 is 2.73 bits per heavy atom. The zero-order valence-corrected chi connectivity index (χ0v) is 17.2. The summed E-state index contributed by atoms with van der Waals surface area (Å²) >= 11 is 0. The van der Waals surface area contributed by atoms with Gasteiger partial charge in [0, 0.05) is 32.2 Å². The number of likely N-dealkylation sites (N-methyl/N-ethyl adjacent to an activating group) is 1. The fourth-order valence-corrected chi connectivity index (χ4v) is 3.46. The molecule has 0 radical (unpaired) electrons. The van der Waals surface area contributed by atoms with E-state index >= 15 is 0 Å². The van der Waals surface area contributed by atoms with Gasteiger partial charge in [-0.05, 0) is 42.8 Å². The number of anilines is 1. The van der Waals surface area contributed by atoms with Gasteiger partial charge in [0.1, 0.15) is 11.4 Å². The molecule has 0 aliphatic carbocycles. The molecule has 2 N–H and O–H groups in total. The Morgan fingerprint density at radius 1 is 1.27 bits per heavy atom. The SMILES string of the molecule is CNCCN1CC=C(c2ccc(NC(=O)c3ccccc3OC)c([N+](=O)[O-])c2)CC1. The minimum atomic E-state index is -0.468. The number of carbonyl (C=O) groups excluding carboxylic acids is 1. The van der Waals surface area contributed by atoms with Gasteiger partial charge in [0.25, 0.3) is 11.6 Å². The van der Waals surface area contributed by atoms with Crippen LogP contribution >= 0.6 is 0 Å². The van der Waals surface area contributed by atoms with E-state index in [4.69, 9.17) is 4.74 Å². The van der Waals surface area contributed by atoms with Crippen LogP contribution in [0.25, 0.3) is 5.57 Å². The maximum atomic E-state index is 12.6. The van der Waals surface area contributed by atoms with Crippen LogP contribution in [0.3, 0.4) is 0 Å². The molecule has 158 valence electrons. The summed E-state index contributed by atoms with van der Waals surface area (Å²) in [4.78, 5) is 26.2. The number of methoxy groups -OCH3 is 1. The Hall–Kier alpha value is -3.23. The first-order valence-corrected chi connectivity index (χ1v) is 9.82. The Bertz CT molecular complexity index is 958. The fraction of sp³-hybridized carbons (Fsp3) is 0.318. The van der Waals surface area contributed by atoms with Crippen molar-refractivity contribution in [2.75, 3.05) is 45.7 Å². The average molecular weight is 410 g/mol. The van der Waals surface area contributed by atoms with Crippen LogP contribution in [0.5, 0.6) is 5.75 Å². The summed E-state index contributed by atoms with van der Waals surface area (Å²) < 4.78 is 5.20. The molecule has 0 unspecified atom stereocenters. The van der Waals surface area contributed by atoms with Gasteiger partial charge in [0.05, 0.1) is 17.6 Å². The lowest BCUT2D eigenvalue weighted by atomic mass is 9.98. The lowest BCUT2D eigenvalue weighted by molar-refractivity contribution is -0.383. The molecule has 0 bridgehead atoms. The molecule has 0 saturated heterocycles. The summed E-state index contributed by atoms with van der Waals surface area (Å²) in [5.41, 5.74) is 2.24. The van der Waals surface area contributed by atoms with Crippen LogP contribution in [0.1, 0.15) is 22.3 Å². The predicted octanol–water partition coefficient (Wildman–Crippen LogP) is 3.16. The summed E-state index contributed by atoms with van der Waals surface area (Å²) in [5, 5.41) is 17.4. The number of nitro groups is 1. The van der Waals surface area contributed by atoms with Crippen LogP contribution in [-0.4, -0.2) is 56.1 Å². The second-order valence-corrected chi connectivity index (χ2v) is 7.03. The van der Waals surface area contributed by atoms with Crippen molar-refractivity contribution in [1.29, 1.82) is 0 Å². The molecule has 3 rings (SSSR count). The minimum Gasteiger partial charge on any atom is -0.496 e. The third kappa shape index (κ3) is 5.03. The van der Waals surface area contributed by atoms with Crippen LogP contribution in [0, 0.1) is 10.1 Å². The molecular weight excluding hydrogens is 384 g/mol. The third-order valence-corrected chi connectivity index (χ3v) is 5.14. The van der Waals surface area contributed by atoms with Gasteiger partial charge >= 0.3 is 0 Å². The van der Waals surface area contributed by atoms with Gasteiger partial charge in [0.2, 0.25) is 0 Å². The molecule has 1 heterocycles. The van der Waals surface area contributed by atoms with Crippen molar-refractivity contribution in [2.45, 2.75) is 6.42 Å². The van der Waals surface area contributed by atoms with Crippen LogP contribution < -0.4 is 15.4 Å². The topological polar surface area (TPSA) is 96.7 Å².